The molecule has 1 amide bonds. The zero-order valence-corrected chi connectivity index (χ0v) is 10.3. The zero-order chi connectivity index (χ0) is 13.7. The number of nitrogens with zero attached hydrogens (tertiary/aromatic N) is 1. The molecule has 0 aliphatic heterocycles. The molecule has 2 rings (SSSR count). The number of amides is 1. The van der Waals surface area contributed by atoms with Gasteiger partial charge >= 0.3 is 5.97 Å². The minimum atomic E-state index is -0.460. The van der Waals surface area contributed by atoms with Gasteiger partial charge < -0.3 is 14.5 Å². The van der Waals surface area contributed by atoms with Crippen LogP contribution in [0.25, 0.3) is 0 Å². The van der Waals surface area contributed by atoms with Gasteiger partial charge in [-0.2, -0.15) is 0 Å². The van der Waals surface area contributed by atoms with E-state index in [2.05, 4.69) is 10.3 Å². The van der Waals surface area contributed by atoms with E-state index in [1.165, 1.54) is 30.7 Å². The highest BCUT2D eigenvalue weighted by Gasteiger charge is 2.12. The number of hydrogen-bond acceptors (Lipinski definition) is 5. The molecule has 0 unspecified atom stereocenters. The summed E-state index contributed by atoms with van der Waals surface area (Å²) in [5.41, 5.74) is 0.326. The lowest BCUT2D eigenvalue weighted by Gasteiger charge is -2.05. The first-order chi connectivity index (χ1) is 9.20. The van der Waals surface area contributed by atoms with E-state index < -0.39 is 11.9 Å². The number of furan rings is 1. The monoisotopic (exact) mass is 260 g/mol. The van der Waals surface area contributed by atoms with Crippen LogP contribution >= 0.6 is 0 Å². The normalized spacial score (nSPS) is 9.95. The molecule has 98 valence electrons. The van der Waals surface area contributed by atoms with Crippen LogP contribution in [0.3, 0.4) is 0 Å². The number of aromatic nitrogens is 1. The summed E-state index contributed by atoms with van der Waals surface area (Å²) in [5, 5.41) is 2.53. The first-order valence-electron chi connectivity index (χ1n) is 5.68. The molecule has 6 heteroatoms. The van der Waals surface area contributed by atoms with E-state index >= 15 is 0 Å². The van der Waals surface area contributed by atoms with Crippen LogP contribution in [0.4, 0.5) is 5.82 Å². The van der Waals surface area contributed by atoms with Crippen LogP contribution in [0.15, 0.2) is 41.1 Å². The summed E-state index contributed by atoms with van der Waals surface area (Å²) in [6, 6.07) is 6.10. The number of rotatable bonds is 4. The number of anilines is 1. The van der Waals surface area contributed by atoms with E-state index in [1.807, 2.05) is 0 Å². The number of hydrogen-bond donors (Lipinski definition) is 1. The molecular formula is C13H12N2O4. The quantitative estimate of drug-likeness (QED) is 0.851. The molecule has 0 aliphatic rings. The second-order valence-electron chi connectivity index (χ2n) is 3.58. The number of carbonyl (C=O) groups excluding carboxylic acids is 2. The first kappa shape index (κ1) is 12.8. The Bertz CT molecular complexity index is 578. The molecule has 0 aromatic carbocycles. The van der Waals surface area contributed by atoms with Crippen LogP contribution in [-0.4, -0.2) is 23.5 Å². The van der Waals surface area contributed by atoms with Crippen LogP contribution in [0, 0.1) is 0 Å². The van der Waals surface area contributed by atoms with Gasteiger partial charge in [-0.05, 0) is 31.2 Å². The van der Waals surface area contributed by atoms with E-state index in [0.29, 0.717) is 5.56 Å². The Morgan fingerprint density at radius 3 is 2.95 bits per heavy atom. The van der Waals surface area contributed by atoms with E-state index in [0.717, 1.165) is 0 Å². The van der Waals surface area contributed by atoms with E-state index in [9.17, 15) is 9.59 Å². The number of pyridine rings is 1. The highest BCUT2D eigenvalue weighted by molar-refractivity contribution is 6.02. The van der Waals surface area contributed by atoms with Crippen molar-refractivity contribution in [3.63, 3.8) is 0 Å². The van der Waals surface area contributed by atoms with Crippen molar-refractivity contribution in [1.82, 2.24) is 4.98 Å². The summed E-state index contributed by atoms with van der Waals surface area (Å²) < 4.78 is 9.81. The molecule has 2 heterocycles. The van der Waals surface area contributed by atoms with Gasteiger partial charge in [0.1, 0.15) is 5.82 Å². The predicted molar refractivity (Wildman–Crippen MR) is 66.9 cm³/mol. The lowest BCUT2D eigenvalue weighted by Crippen LogP contribution is -2.13. The second kappa shape index (κ2) is 5.81. The first-order valence-corrected chi connectivity index (χ1v) is 5.68. The van der Waals surface area contributed by atoms with Crippen molar-refractivity contribution in [1.29, 1.82) is 0 Å². The summed E-state index contributed by atoms with van der Waals surface area (Å²) in [5.74, 6) is -0.466. The third-order valence-corrected chi connectivity index (χ3v) is 2.26. The Hall–Kier alpha value is -2.63. The fourth-order valence-electron chi connectivity index (χ4n) is 1.43. The zero-order valence-electron chi connectivity index (χ0n) is 10.3. The minimum Gasteiger partial charge on any atom is -0.462 e. The van der Waals surface area contributed by atoms with Gasteiger partial charge in [-0.15, -0.1) is 0 Å². The van der Waals surface area contributed by atoms with Gasteiger partial charge in [-0.1, -0.05) is 0 Å². The fraction of sp³-hybridized carbons (Fsp3) is 0.154. The summed E-state index contributed by atoms with van der Waals surface area (Å²) in [7, 11) is 0. The summed E-state index contributed by atoms with van der Waals surface area (Å²) >= 11 is 0. The van der Waals surface area contributed by atoms with Crippen LogP contribution in [0.2, 0.25) is 0 Å². The van der Waals surface area contributed by atoms with Crippen molar-refractivity contribution in [2.45, 2.75) is 6.92 Å². The van der Waals surface area contributed by atoms with Crippen molar-refractivity contribution < 1.29 is 18.7 Å². The number of nitrogens with one attached hydrogen (secondary N) is 1. The highest BCUT2D eigenvalue weighted by atomic mass is 16.5. The average Bonchev–Trinajstić information content (AvgIpc) is 2.93. The predicted octanol–water partition coefficient (Wildman–Crippen LogP) is 2.10. The van der Waals surface area contributed by atoms with Crippen molar-refractivity contribution in [3.8, 4) is 0 Å². The molecular weight excluding hydrogens is 248 g/mol. The topological polar surface area (TPSA) is 81.4 Å². The Balaban J connectivity index is 2.11. The molecule has 0 saturated carbocycles. The van der Waals surface area contributed by atoms with Gasteiger partial charge in [0.05, 0.1) is 18.4 Å². The van der Waals surface area contributed by atoms with E-state index in [1.54, 1.807) is 13.0 Å². The molecule has 2 aromatic rings. The third kappa shape index (κ3) is 3.19. The van der Waals surface area contributed by atoms with Gasteiger partial charge in [-0.3, -0.25) is 4.79 Å². The van der Waals surface area contributed by atoms with Gasteiger partial charge in [0.2, 0.25) is 0 Å². The molecule has 0 aliphatic carbocycles. The van der Waals surface area contributed by atoms with Crippen LogP contribution in [0.1, 0.15) is 27.8 Å². The van der Waals surface area contributed by atoms with E-state index in [4.69, 9.17) is 9.15 Å². The Morgan fingerprint density at radius 1 is 1.42 bits per heavy atom. The van der Waals surface area contributed by atoms with E-state index in [-0.39, 0.29) is 18.2 Å². The Kier molecular flexibility index (Phi) is 3.92. The molecule has 0 atom stereocenters. The van der Waals surface area contributed by atoms with Crippen LogP contribution in [0.5, 0.6) is 0 Å². The van der Waals surface area contributed by atoms with Crippen LogP contribution in [-0.2, 0) is 4.74 Å². The Labute approximate surface area is 109 Å². The third-order valence-electron chi connectivity index (χ3n) is 2.26. The maximum atomic E-state index is 11.7. The summed E-state index contributed by atoms with van der Waals surface area (Å²) in [6.07, 6.45) is 2.82. The molecule has 6 nitrogen and oxygen atoms in total. The standard InChI is InChI=1S/C13H12N2O4/c1-2-18-13(17)9-5-6-14-11(8-9)15-12(16)10-4-3-7-19-10/h3-8H,2H2,1H3,(H,14,15,16). The SMILES string of the molecule is CCOC(=O)c1ccnc(NC(=O)c2ccco2)c1. The fourth-order valence-corrected chi connectivity index (χ4v) is 1.43. The largest absolute Gasteiger partial charge is 0.462 e. The smallest absolute Gasteiger partial charge is 0.338 e. The van der Waals surface area contributed by atoms with Gasteiger partial charge in [0.25, 0.3) is 5.91 Å². The van der Waals surface area contributed by atoms with Crippen LogP contribution < -0.4 is 5.32 Å². The van der Waals surface area contributed by atoms with Gasteiger partial charge in [0.15, 0.2) is 5.76 Å². The van der Waals surface area contributed by atoms with Gasteiger partial charge in [-0.25, -0.2) is 9.78 Å². The molecule has 0 radical (unpaired) electrons. The average molecular weight is 260 g/mol. The minimum absolute atomic E-state index is 0.170. The number of ether oxygens (including phenoxy) is 1. The number of carbonyl (C=O) groups is 2. The van der Waals surface area contributed by atoms with Crippen molar-refractivity contribution in [3.05, 3.63) is 48.0 Å². The van der Waals surface area contributed by atoms with Crippen molar-refractivity contribution in [2.24, 2.45) is 0 Å². The van der Waals surface area contributed by atoms with Gasteiger partial charge in [0, 0.05) is 6.20 Å². The molecule has 1 N–H and O–H groups in total. The van der Waals surface area contributed by atoms with Crippen molar-refractivity contribution in [2.75, 3.05) is 11.9 Å². The molecule has 2 aromatic heterocycles. The molecule has 0 saturated heterocycles. The second-order valence-corrected chi connectivity index (χ2v) is 3.58. The number of esters is 1. The maximum absolute atomic E-state index is 11.7. The maximum Gasteiger partial charge on any atom is 0.338 e. The van der Waals surface area contributed by atoms with Crippen molar-refractivity contribution >= 4 is 17.7 Å². The summed E-state index contributed by atoms with van der Waals surface area (Å²) in [6.45, 7) is 2.01. The molecule has 0 fully saturated rings. The highest BCUT2D eigenvalue weighted by Crippen LogP contribution is 2.10. The lowest BCUT2D eigenvalue weighted by molar-refractivity contribution is 0.0526. The lowest BCUT2D eigenvalue weighted by atomic mass is 10.2. The molecule has 19 heavy (non-hydrogen) atoms. The molecule has 0 bridgehead atoms. The Morgan fingerprint density at radius 2 is 2.26 bits per heavy atom. The summed E-state index contributed by atoms with van der Waals surface area (Å²) in [4.78, 5) is 27.2. The molecule has 0 spiro atoms.